The van der Waals surface area contributed by atoms with E-state index < -0.39 is 6.09 Å². The molecule has 1 fully saturated rings. The van der Waals surface area contributed by atoms with Gasteiger partial charge in [0.25, 0.3) is 0 Å². The van der Waals surface area contributed by atoms with Gasteiger partial charge in [0.2, 0.25) is 0 Å². The highest BCUT2D eigenvalue weighted by Gasteiger charge is 2.32. The first-order valence-corrected chi connectivity index (χ1v) is 8.93. The average Bonchev–Trinajstić information content (AvgIpc) is 3.23. The number of thioether (sulfide) groups is 1. The molecule has 0 N–H and O–H groups in total. The lowest BCUT2D eigenvalue weighted by Gasteiger charge is -2.15. The van der Waals surface area contributed by atoms with Crippen LogP contribution < -0.4 is 4.74 Å². The lowest BCUT2D eigenvalue weighted by Crippen LogP contribution is -2.32. The highest BCUT2D eigenvalue weighted by molar-refractivity contribution is 7.98. The SMILES string of the molecule is CSc1ccc(C(=O)C2CCN(C(=O)Oc3cnn(C)c3)C2)cc1. The van der Waals surface area contributed by atoms with Gasteiger partial charge < -0.3 is 9.64 Å². The predicted octanol–water partition coefficient (Wildman–Crippen LogP) is 2.85. The van der Waals surface area contributed by atoms with Crippen molar-refractivity contribution < 1.29 is 14.3 Å². The summed E-state index contributed by atoms with van der Waals surface area (Å²) in [6.45, 7) is 0.917. The summed E-state index contributed by atoms with van der Waals surface area (Å²) in [6.07, 6.45) is 5.34. The fraction of sp³-hybridized carbons (Fsp3) is 0.353. The van der Waals surface area contributed by atoms with Crippen LogP contribution in [0.3, 0.4) is 0 Å². The fourth-order valence-electron chi connectivity index (χ4n) is 2.75. The molecule has 0 bridgehead atoms. The number of likely N-dealkylation sites (tertiary alicyclic amines) is 1. The van der Waals surface area contributed by atoms with E-state index >= 15 is 0 Å². The van der Waals surface area contributed by atoms with Crippen molar-refractivity contribution in [2.75, 3.05) is 19.3 Å². The molecular formula is C17H19N3O3S. The highest BCUT2D eigenvalue weighted by Crippen LogP contribution is 2.23. The van der Waals surface area contributed by atoms with Crippen LogP contribution in [0.2, 0.25) is 0 Å². The Morgan fingerprint density at radius 2 is 2.04 bits per heavy atom. The van der Waals surface area contributed by atoms with Gasteiger partial charge >= 0.3 is 6.09 Å². The van der Waals surface area contributed by atoms with Crippen LogP contribution in [0.4, 0.5) is 4.79 Å². The standard InChI is InChI=1S/C17H19N3O3S/c1-19-11-14(9-18-19)23-17(22)20-8-7-13(10-20)16(21)12-3-5-15(24-2)6-4-12/h3-6,9,11,13H,7-8,10H2,1-2H3. The van der Waals surface area contributed by atoms with Gasteiger partial charge in [-0.3, -0.25) is 9.48 Å². The van der Waals surface area contributed by atoms with E-state index in [1.54, 1.807) is 34.6 Å². The third-order valence-corrected chi connectivity index (χ3v) is 4.82. The lowest BCUT2D eigenvalue weighted by molar-refractivity contribution is 0.0922. The van der Waals surface area contributed by atoms with Crippen molar-refractivity contribution in [3.05, 3.63) is 42.2 Å². The van der Waals surface area contributed by atoms with E-state index in [4.69, 9.17) is 4.74 Å². The Bertz CT molecular complexity index is 742. The molecule has 1 aromatic heterocycles. The summed E-state index contributed by atoms with van der Waals surface area (Å²) >= 11 is 1.64. The maximum absolute atomic E-state index is 12.6. The van der Waals surface area contributed by atoms with Gasteiger partial charge in [0, 0.05) is 36.5 Å². The molecule has 0 radical (unpaired) electrons. The zero-order valence-electron chi connectivity index (χ0n) is 13.6. The third kappa shape index (κ3) is 3.62. The van der Waals surface area contributed by atoms with Gasteiger partial charge in [-0.15, -0.1) is 11.8 Å². The molecule has 1 aromatic carbocycles. The van der Waals surface area contributed by atoms with Crippen LogP contribution in [0.15, 0.2) is 41.6 Å². The Morgan fingerprint density at radius 3 is 2.67 bits per heavy atom. The summed E-state index contributed by atoms with van der Waals surface area (Å²) in [4.78, 5) is 27.4. The van der Waals surface area contributed by atoms with Gasteiger partial charge in [0.15, 0.2) is 11.5 Å². The van der Waals surface area contributed by atoms with Crippen molar-refractivity contribution in [2.45, 2.75) is 11.3 Å². The van der Waals surface area contributed by atoms with Crippen LogP contribution in [-0.4, -0.2) is 45.9 Å². The molecule has 2 aromatic rings. The number of benzene rings is 1. The second kappa shape index (κ2) is 7.09. The number of aromatic nitrogens is 2. The Kier molecular flexibility index (Phi) is 4.89. The number of carbonyl (C=O) groups is 2. The number of ether oxygens (including phenoxy) is 1. The molecule has 0 saturated carbocycles. The first kappa shape index (κ1) is 16.6. The number of Topliss-reactive ketones (excluding diaryl/α,β-unsaturated/α-hetero) is 1. The maximum atomic E-state index is 12.6. The smallest absolute Gasteiger partial charge is 0.407 e. The number of rotatable bonds is 4. The molecule has 0 aliphatic carbocycles. The lowest BCUT2D eigenvalue weighted by atomic mass is 9.97. The van der Waals surface area contributed by atoms with Gasteiger partial charge in [0.05, 0.1) is 12.4 Å². The second-order valence-electron chi connectivity index (χ2n) is 5.74. The molecule has 1 amide bonds. The van der Waals surface area contributed by atoms with Gasteiger partial charge in [-0.2, -0.15) is 5.10 Å². The van der Waals surface area contributed by atoms with E-state index in [2.05, 4.69) is 5.10 Å². The molecule has 1 aliphatic rings. The van der Waals surface area contributed by atoms with Crippen molar-refractivity contribution in [1.29, 1.82) is 0 Å². The summed E-state index contributed by atoms with van der Waals surface area (Å²) in [6, 6.07) is 7.60. The van der Waals surface area contributed by atoms with Crippen LogP contribution in [-0.2, 0) is 7.05 Å². The van der Waals surface area contributed by atoms with E-state index in [-0.39, 0.29) is 11.7 Å². The molecule has 1 atom stereocenters. The Balaban J connectivity index is 1.59. The number of hydrogen-bond donors (Lipinski definition) is 0. The van der Waals surface area contributed by atoms with Gasteiger partial charge in [-0.05, 0) is 24.8 Å². The molecule has 7 heteroatoms. The van der Waals surface area contributed by atoms with Crippen LogP contribution in [0.5, 0.6) is 5.75 Å². The number of aryl methyl sites for hydroxylation is 1. The Labute approximate surface area is 144 Å². The number of carbonyl (C=O) groups excluding carboxylic acids is 2. The van der Waals surface area contributed by atoms with E-state index in [1.807, 2.05) is 30.5 Å². The maximum Gasteiger partial charge on any atom is 0.415 e. The van der Waals surface area contributed by atoms with Gasteiger partial charge in [-0.1, -0.05) is 12.1 Å². The first-order valence-electron chi connectivity index (χ1n) is 7.70. The van der Waals surface area contributed by atoms with Crippen LogP contribution in [0.1, 0.15) is 16.8 Å². The molecule has 1 unspecified atom stereocenters. The molecule has 126 valence electrons. The quantitative estimate of drug-likeness (QED) is 0.630. The summed E-state index contributed by atoms with van der Waals surface area (Å²) in [5, 5.41) is 3.96. The minimum Gasteiger partial charge on any atom is -0.407 e. The summed E-state index contributed by atoms with van der Waals surface area (Å²) in [7, 11) is 1.75. The van der Waals surface area contributed by atoms with Crippen molar-refractivity contribution in [3.63, 3.8) is 0 Å². The van der Waals surface area contributed by atoms with E-state index in [9.17, 15) is 9.59 Å². The number of nitrogens with zero attached hydrogens (tertiary/aromatic N) is 3. The highest BCUT2D eigenvalue weighted by atomic mass is 32.2. The molecule has 1 aliphatic heterocycles. The minimum atomic E-state index is -0.434. The van der Waals surface area contributed by atoms with Crippen LogP contribution >= 0.6 is 11.8 Å². The Hall–Kier alpha value is -2.28. The zero-order chi connectivity index (χ0) is 17.1. The molecule has 3 rings (SSSR count). The molecule has 24 heavy (non-hydrogen) atoms. The van der Waals surface area contributed by atoms with E-state index in [0.29, 0.717) is 30.8 Å². The molecule has 2 heterocycles. The normalized spacial score (nSPS) is 17.1. The Morgan fingerprint density at radius 1 is 1.29 bits per heavy atom. The molecule has 6 nitrogen and oxygen atoms in total. The predicted molar refractivity (Wildman–Crippen MR) is 91.5 cm³/mol. The van der Waals surface area contributed by atoms with Crippen molar-refractivity contribution in [3.8, 4) is 5.75 Å². The number of amides is 1. The van der Waals surface area contributed by atoms with Crippen LogP contribution in [0.25, 0.3) is 0 Å². The summed E-state index contributed by atoms with van der Waals surface area (Å²) < 4.78 is 6.84. The largest absolute Gasteiger partial charge is 0.415 e. The second-order valence-corrected chi connectivity index (χ2v) is 6.62. The minimum absolute atomic E-state index is 0.0827. The topological polar surface area (TPSA) is 64.4 Å². The van der Waals surface area contributed by atoms with Gasteiger partial charge in [0.1, 0.15) is 0 Å². The summed E-state index contributed by atoms with van der Waals surface area (Å²) in [5.74, 6) is 0.316. The average molecular weight is 345 g/mol. The van der Waals surface area contributed by atoms with Gasteiger partial charge in [-0.25, -0.2) is 4.79 Å². The molecule has 1 saturated heterocycles. The molecule has 0 spiro atoms. The monoisotopic (exact) mass is 345 g/mol. The zero-order valence-corrected chi connectivity index (χ0v) is 14.5. The van der Waals surface area contributed by atoms with Crippen molar-refractivity contribution in [2.24, 2.45) is 13.0 Å². The molecular weight excluding hydrogens is 326 g/mol. The van der Waals surface area contributed by atoms with Crippen molar-refractivity contribution in [1.82, 2.24) is 14.7 Å². The fourth-order valence-corrected chi connectivity index (χ4v) is 3.16. The third-order valence-electron chi connectivity index (χ3n) is 4.08. The van der Waals surface area contributed by atoms with E-state index in [1.165, 1.54) is 6.20 Å². The van der Waals surface area contributed by atoms with Crippen molar-refractivity contribution >= 4 is 23.6 Å². The number of ketones is 1. The van der Waals surface area contributed by atoms with E-state index in [0.717, 1.165) is 4.90 Å². The van der Waals surface area contributed by atoms with Crippen LogP contribution in [0, 0.1) is 5.92 Å². The first-order chi connectivity index (χ1) is 11.6. The summed E-state index contributed by atoms with van der Waals surface area (Å²) in [5.41, 5.74) is 0.695. The number of hydrogen-bond acceptors (Lipinski definition) is 5.